The standard InChI is InChI=1S/C14H26N2O2S/c1-14(2,3)18-13(17)16-7-4-5-12(16)9-15-11-6-8-19-10-11/h11-12,15H,4-10H2,1-3H3. The topological polar surface area (TPSA) is 41.6 Å². The van der Waals surface area contributed by atoms with E-state index in [-0.39, 0.29) is 6.09 Å². The minimum Gasteiger partial charge on any atom is -0.444 e. The second kappa shape index (κ2) is 6.35. The second-order valence-corrected chi connectivity index (χ2v) is 7.59. The van der Waals surface area contributed by atoms with Gasteiger partial charge in [0.2, 0.25) is 0 Å². The zero-order valence-electron chi connectivity index (χ0n) is 12.3. The molecule has 0 saturated carbocycles. The third-order valence-electron chi connectivity index (χ3n) is 3.58. The van der Waals surface area contributed by atoms with Gasteiger partial charge in [-0.05, 0) is 45.8 Å². The van der Waals surface area contributed by atoms with Crippen LogP contribution in [0.3, 0.4) is 0 Å². The van der Waals surface area contributed by atoms with Crippen LogP contribution in [0, 0.1) is 0 Å². The van der Waals surface area contributed by atoms with Crippen LogP contribution in [0.15, 0.2) is 0 Å². The lowest BCUT2D eigenvalue weighted by Crippen LogP contribution is -2.46. The number of nitrogens with zero attached hydrogens (tertiary/aromatic N) is 1. The smallest absolute Gasteiger partial charge is 0.410 e. The quantitative estimate of drug-likeness (QED) is 0.865. The maximum atomic E-state index is 12.1. The molecule has 0 aromatic rings. The number of carbonyl (C=O) groups is 1. The molecule has 2 saturated heterocycles. The predicted molar refractivity (Wildman–Crippen MR) is 79.7 cm³/mol. The number of thioether (sulfide) groups is 1. The van der Waals surface area contributed by atoms with Crippen molar-refractivity contribution in [1.29, 1.82) is 0 Å². The normalized spacial score (nSPS) is 27.8. The van der Waals surface area contributed by atoms with Gasteiger partial charge < -0.3 is 15.0 Å². The minimum atomic E-state index is -0.403. The van der Waals surface area contributed by atoms with Crippen molar-refractivity contribution in [2.75, 3.05) is 24.6 Å². The third kappa shape index (κ3) is 4.56. The summed E-state index contributed by atoms with van der Waals surface area (Å²) in [5.74, 6) is 2.47. The average molecular weight is 286 g/mol. The lowest BCUT2D eigenvalue weighted by Gasteiger charge is -2.29. The Morgan fingerprint density at radius 1 is 1.42 bits per heavy atom. The maximum absolute atomic E-state index is 12.1. The number of amides is 1. The van der Waals surface area contributed by atoms with E-state index in [2.05, 4.69) is 5.32 Å². The van der Waals surface area contributed by atoms with Gasteiger partial charge in [-0.3, -0.25) is 0 Å². The van der Waals surface area contributed by atoms with Gasteiger partial charge in [0, 0.05) is 30.9 Å². The number of likely N-dealkylation sites (tertiary alicyclic amines) is 1. The maximum Gasteiger partial charge on any atom is 0.410 e. The fraction of sp³-hybridized carbons (Fsp3) is 0.929. The van der Waals surface area contributed by atoms with Crippen molar-refractivity contribution in [3.8, 4) is 0 Å². The molecule has 5 heteroatoms. The van der Waals surface area contributed by atoms with Gasteiger partial charge in [-0.15, -0.1) is 0 Å². The molecule has 0 aromatic heterocycles. The molecule has 2 heterocycles. The molecular weight excluding hydrogens is 260 g/mol. The Hall–Kier alpha value is -0.420. The van der Waals surface area contributed by atoms with Gasteiger partial charge in [0.25, 0.3) is 0 Å². The summed E-state index contributed by atoms with van der Waals surface area (Å²) in [7, 11) is 0. The molecule has 4 nitrogen and oxygen atoms in total. The van der Waals surface area contributed by atoms with Crippen molar-refractivity contribution in [2.45, 2.75) is 57.7 Å². The summed E-state index contributed by atoms with van der Waals surface area (Å²) in [6.07, 6.45) is 3.28. The summed E-state index contributed by atoms with van der Waals surface area (Å²) in [6.45, 7) is 7.50. The van der Waals surface area contributed by atoms with E-state index in [0.29, 0.717) is 12.1 Å². The highest BCUT2D eigenvalue weighted by Gasteiger charge is 2.32. The van der Waals surface area contributed by atoms with E-state index in [1.54, 1.807) is 0 Å². The Bertz CT molecular complexity index is 311. The van der Waals surface area contributed by atoms with Gasteiger partial charge in [-0.2, -0.15) is 11.8 Å². The first-order valence-electron chi connectivity index (χ1n) is 7.26. The van der Waals surface area contributed by atoms with E-state index in [1.807, 2.05) is 37.4 Å². The van der Waals surface area contributed by atoms with Crippen LogP contribution in [0.1, 0.15) is 40.0 Å². The van der Waals surface area contributed by atoms with Crippen molar-refractivity contribution < 1.29 is 9.53 Å². The van der Waals surface area contributed by atoms with Crippen molar-refractivity contribution in [1.82, 2.24) is 10.2 Å². The molecule has 2 fully saturated rings. The van der Waals surface area contributed by atoms with E-state index in [1.165, 1.54) is 17.9 Å². The first kappa shape index (κ1) is 15.0. The Morgan fingerprint density at radius 2 is 2.21 bits per heavy atom. The first-order valence-corrected chi connectivity index (χ1v) is 8.42. The van der Waals surface area contributed by atoms with Gasteiger partial charge in [0.05, 0.1) is 0 Å². The van der Waals surface area contributed by atoms with Crippen LogP contribution in [0.25, 0.3) is 0 Å². The number of rotatable bonds is 3. The average Bonchev–Trinajstić information content (AvgIpc) is 2.95. The van der Waals surface area contributed by atoms with Gasteiger partial charge in [-0.25, -0.2) is 4.79 Å². The molecular formula is C14H26N2O2S. The SMILES string of the molecule is CC(C)(C)OC(=O)N1CCCC1CNC1CCSC1. The number of hydrogen-bond donors (Lipinski definition) is 1. The molecule has 0 radical (unpaired) electrons. The zero-order chi connectivity index (χ0) is 13.9. The van der Waals surface area contributed by atoms with Crippen molar-refractivity contribution in [2.24, 2.45) is 0 Å². The summed E-state index contributed by atoms with van der Waals surface area (Å²) >= 11 is 2.01. The fourth-order valence-corrected chi connectivity index (χ4v) is 3.79. The Labute approximate surface area is 120 Å². The molecule has 0 aromatic carbocycles. The van der Waals surface area contributed by atoms with Crippen LogP contribution in [-0.2, 0) is 4.74 Å². The van der Waals surface area contributed by atoms with Crippen molar-refractivity contribution >= 4 is 17.9 Å². The number of nitrogens with one attached hydrogen (secondary N) is 1. The number of ether oxygens (including phenoxy) is 1. The molecule has 0 aliphatic carbocycles. The molecule has 0 spiro atoms. The van der Waals surface area contributed by atoms with E-state index in [0.717, 1.165) is 25.9 Å². The largest absolute Gasteiger partial charge is 0.444 e. The molecule has 2 unspecified atom stereocenters. The Kier molecular flexibility index (Phi) is 5.01. The molecule has 19 heavy (non-hydrogen) atoms. The molecule has 110 valence electrons. The van der Waals surface area contributed by atoms with Crippen LogP contribution >= 0.6 is 11.8 Å². The van der Waals surface area contributed by atoms with Gasteiger partial charge in [0.15, 0.2) is 0 Å². The minimum absolute atomic E-state index is 0.155. The van der Waals surface area contributed by atoms with Gasteiger partial charge >= 0.3 is 6.09 Å². The summed E-state index contributed by atoms with van der Waals surface area (Å²) < 4.78 is 5.48. The van der Waals surface area contributed by atoms with Gasteiger partial charge in [-0.1, -0.05) is 0 Å². The van der Waals surface area contributed by atoms with E-state index >= 15 is 0 Å². The Balaban J connectivity index is 1.80. The predicted octanol–water partition coefficient (Wildman–Crippen LogP) is 2.48. The van der Waals surface area contributed by atoms with Crippen molar-refractivity contribution in [3.05, 3.63) is 0 Å². The molecule has 2 aliphatic heterocycles. The van der Waals surface area contributed by atoms with Gasteiger partial charge in [0.1, 0.15) is 5.60 Å². The summed E-state index contributed by atoms with van der Waals surface area (Å²) in [5, 5.41) is 3.60. The molecule has 0 bridgehead atoms. The van der Waals surface area contributed by atoms with E-state index < -0.39 is 5.60 Å². The lowest BCUT2D eigenvalue weighted by atomic mass is 10.2. The lowest BCUT2D eigenvalue weighted by molar-refractivity contribution is 0.0225. The Morgan fingerprint density at radius 3 is 2.84 bits per heavy atom. The van der Waals surface area contributed by atoms with Crippen LogP contribution in [0.4, 0.5) is 4.79 Å². The summed E-state index contributed by atoms with van der Waals surface area (Å²) in [6, 6.07) is 0.937. The fourth-order valence-electron chi connectivity index (χ4n) is 2.61. The monoisotopic (exact) mass is 286 g/mol. The first-order chi connectivity index (χ1) is 8.96. The van der Waals surface area contributed by atoms with Crippen LogP contribution in [0.2, 0.25) is 0 Å². The van der Waals surface area contributed by atoms with Crippen LogP contribution in [0.5, 0.6) is 0 Å². The highest BCUT2D eigenvalue weighted by Crippen LogP contribution is 2.22. The summed E-state index contributed by atoms with van der Waals surface area (Å²) in [5.41, 5.74) is -0.403. The van der Waals surface area contributed by atoms with Crippen LogP contribution < -0.4 is 5.32 Å². The number of hydrogen-bond acceptors (Lipinski definition) is 4. The molecule has 2 aliphatic rings. The van der Waals surface area contributed by atoms with E-state index in [9.17, 15) is 4.79 Å². The molecule has 1 amide bonds. The third-order valence-corrected chi connectivity index (χ3v) is 4.74. The van der Waals surface area contributed by atoms with E-state index in [4.69, 9.17) is 4.74 Å². The molecule has 2 atom stereocenters. The molecule has 1 N–H and O–H groups in total. The summed E-state index contributed by atoms with van der Waals surface area (Å²) in [4.78, 5) is 14.0. The highest BCUT2D eigenvalue weighted by atomic mass is 32.2. The van der Waals surface area contributed by atoms with Crippen LogP contribution in [-0.4, -0.2) is 53.3 Å². The highest BCUT2D eigenvalue weighted by molar-refractivity contribution is 7.99. The zero-order valence-corrected chi connectivity index (χ0v) is 13.1. The van der Waals surface area contributed by atoms with Crippen molar-refractivity contribution in [3.63, 3.8) is 0 Å². The number of carbonyl (C=O) groups excluding carboxylic acids is 1. The molecule has 2 rings (SSSR count). The second-order valence-electron chi connectivity index (χ2n) is 6.44.